The van der Waals surface area contributed by atoms with Crippen molar-refractivity contribution >= 4 is 11.6 Å². The molecule has 2 rings (SSSR count). The lowest BCUT2D eigenvalue weighted by Gasteiger charge is -2.19. The molecule has 0 amide bonds. The van der Waals surface area contributed by atoms with Crippen molar-refractivity contribution in [1.82, 2.24) is 4.98 Å². The quantitative estimate of drug-likeness (QED) is 0.940. The van der Waals surface area contributed by atoms with Gasteiger partial charge in [0.05, 0.1) is 11.8 Å². The van der Waals surface area contributed by atoms with Crippen molar-refractivity contribution in [3.8, 4) is 0 Å². The van der Waals surface area contributed by atoms with Crippen LogP contribution in [-0.2, 0) is 12.7 Å². The van der Waals surface area contributed by atoms with Crippen LogP contribution >= 0.6 is 0 Å². The second-order valence-corrected chi connectivity index (χ2v) is 4.49. The molecule has 108 valence electrons. The molecule has 2 aromatic heterocycles. The highest BCUT2D eigenvalue weighted by molar-refractivity contribution is 5.49. The molecule has 20 heavy (non-hydrogen) atoms. The third kappa shape index (κ3) is 3.04. The number of furan rings is 1. The van der Waals surface area contributed by atoms with Crippen LogP contribution in [-0.4, -0.2) is 12.0 Å². The van der Waals surface area contributed by atoms with Crippen molar-refractivity contribution in [1.29, 1.82) is 0 Å². The number of nitrogens with zero attached hydrogens (tertiary/aromatic N) is 2. The smallest absolute Gasteiger partial charge is 0.416 e. The Balaban J connectivity index is 2.28. The summed E-state index contributed by atoms with van der Waals surface area (Å²) in [7, 11) is 1.65. The van der Waals surface area contributed by atoms with Crippen molar-refractivity contribution in [2.45, 2.75) is 19.6 Å². The highest BCUT2D eigenvalue weighted by Crippen LogP contribution is 2.32. The Labute approximate surface area is 114 Å². The first-order valence-corrected chi connectivity index (χ1v) is 5.86. The largest absolute Gasteiger partial charge is 0.469 e. The van der Waals surface area contributed by atoms with Gasteiger partial charge in [0.1, 0.15) is 17.4 Å². The summed E-state index contributed by atoms with van der Waals surface area (Å²) in [5.41, 5.74) is 5.51. The molecule has 2 aromatic rings. The van der Waals surface area contributed by atoms with Crippen LogP contribution in [0.1, 0.15) is 16.9 Å². The average Bonchev–Trinajstić information content (AvgIpc) is 2.73. The highest BCUT2D eigenvalue weighted by atomic mass is 19.4. The van der Waals surface area contributed by atoms with E-state index in [4.69, 9.17) is 10.2 Å². The first kappa shape index (κ1) is 14.2. The van der Waals surface area contributed by atoms with Crippen LogP contribution in [0.3, 0.4) is 0 Å². The fraction of sp³-hybridized carbons (Fsp3) is 0.308. The number of nitrogen functional groups attached to an aromatic ring is 1. The van der Waals surface area contributed by atoms with Crippen LogP contribution in [0.2, 0.25) is 0 Å². The van der Waals surface area contributed by atoms with E-state index in [-0.39, 0.29) is 11.6 Å². The maximum Gasteiger partial charge on any atom is 0.416 e. The molecular weight excluding hydrogens is 271 g/mol. The van der Waals surface area contributed by atoms with Crippen LogP contribution < -0.4 is 10.6 Å². The third-order valence-electron chi connectivity index (χ3n) is 2.92. The number of anilines is 2. The third-order valence-corrected chi connectivity index (χ3v) is 2.92. The summed E-state index contributed by atoms with van der Waals surface area (Å²) in [5.74, 6) is 0.723. The maximum atomic E-state index is 12.7. The summed E-state index contributed by atoms with van der Waals surface area (Å²) < 4.78 is 43.4. The Kier molecular flexibility index (Phi) is 3.61. The van der Waals surface area contributed by atoms with Crippen molar-refractivity contribution in [3.05, 3.63) is 41.3 Å². The van der Waals surface area contributed by atoms with Gasteiger partial charge in [-0.25, -0.2) is 4.98 Å². The number of rotatable bonds is 3. The lowest BCUT2D eigenvalue weighted by Crippen LogP contribution is -2.19. The van der Waals surface area contributed by atoms with E-state index >= 15 is 0 Å². The second-order valence-electron chi connectivity index (χ2n) is 4.49. The van der Waals surface area contributed by atoms with Crippen LogP contribution in [0.25, 0.3) is 0 Å². The number of halogens is 3. The number of nitrogens with two attached hydrogens (primary N) is 1. The zero-order valence-corrected chi connectivity index (χ0v) is 11.0. The molecule has 0 spiro atoms. The van der Waals surface area contributed by atoms with E-state index in [1.165, 1.54) is 6.26 Å². The average molecular weight is 285 g/mol. The minimum atomic E-state index is -4.45. The van der Waals surface area contributed by atoms with E-state index in [0.717, 1.165) is 23.5 Å². The van der Waals surface area contributed by atoms with Crippen molar-refractivity contribution in [3.63, 3.8) is 0 Å². The normalized spacial score (nSPS) is 11.7. The van der Waals surface area contributed by atoms with Gasteiger partial charge in [0, 0.05) is 19.2 Å². The summed E-state index contributed by atoms with van der Waals surface area (Å²) in [6.07, 6.45) is -2.91. The molecular formula is C13H14F3N3O. The van der Waals surface area contributed by atoms with Crippen molar-refractivity contribution in [2.24, 2.45) is 0 Å². The van der Waals surface area contributed by atoms with Gasteiger partial charge in [0.25, 0.3) is 0 Å². The minimum absolute atomic E-state index is 0.161. The van der Waals surface area contributed by atoms with E-state index in [2.05, 4.69) is 4.98 Å². The summed E-state index contributed by atoms with van der Waals surface area (Å²) >= 11 is 0. The molecule has 2 heterocycles. The van der Waals surface area contributed by atoms with Gasteiger partial charge in [-0.3, -0.25) is 0 Å². The molecule has 0 radical (unpaired) electrons. The monoisotopic (exact) mass is 285 g/mol. The Morgan fingerprint density at radius 2 is 2.05 bits per heavy atom. The van der Waals surface area contributed by atoms with E-state index in [1.807, 2.05) is 0 Å². The zero-order valence-electron chi connectivity index (χ0n) is 11.0. The fourth-order valence-corrected chi connectivity index (χ4v) is 1.81. The standard InChI is InChI=1S/C13H14F3N3O/c1-8-9(3-4-20-8)7-19(2)12-6-10(13(14,15)16)5-11(17)18-12/h3-6H,7H2,1-2H3,(H2,17,18). The Bertz CT molecular complexity index is 607. The van der Waals surface area contributed by atoms with E-state index in [1.54, 1.807) is 24.9 Å². The first-order chi connectivity index (χ1) is 9.27. The van der Waals surface area contributed by atoms with Crippen LogP contribution in [0, 0.1) is 6.92 Å². The Morgan fingerprint density at radius 1 is 1.35 bits per heavy atom. The fourth-order valence-electron chi connectivity index (χ4n) is 1.81. The summed E-state index contributed by atoms with van der Waals surface area (Å²) in [6, 6.07) is 3.56. The minimum Gasteiger partial charge on any atom is -0.469 e. The van der Waals surface area contributed by atoms with Gasteiger partial charge >= 0.3 is 6.18 Å². The van der Waals surface area contributed by atoms with Crippen molar-refractivity contribution in [2.75, 3.05) is 17.7 Å². The number of pyridine rings is 1. The molecule has 0 bridgehead atoms. The lowest BCUT2D eigenvalue weighted by atomic mass is 10.2. The molecule has 0 unspecified atom stereocenters. The number of aromatic nitrogens is 1. The van der Waals surface area contributed by atoms with Gasteiger partial charge in [-0.2, -0.15) is 13.2 Å². The van der Waals surface area contributed by atoms with E-state index in [9.17, 15) is 13.2 Å². The van der Waals surface area contributed by atoms with Gasteiger partial charge < -0.3 is 15.1 Å². The van der Waals surface area contributed by atoms with E-state index < -0.39 is 11.7 Å². The molecule has 0 saturated heterocycles. The Morgan fingerprint density at radius 3 is 2.60 bits per heavy atom. The molecule has 4 nitrogen and oxygen atoms in total. The van der Waals surface area contributed by atoms with Gasteiger partial charge in [0.2, 0.25) is 0 Å². The maximum absolute atomic E-state index is 12.7. The number of hydrogen-bond donors (Lipinski definition) is 1. The van der Waals surface area contributed by atoms with Crippen LogP contribution in [0.5, 0.6) is 0 Å². The summed E-state index contributed by atoms with van der Waals surface area (Å²) in [6.45, 7) is 2.17. The van der Waals surface area contributed by atoms with Gasteiger partial charge in [-0.1, -0.05) is 0 Å². The molecule has 0 aromatic carbocycles. The first-order valence-electron chi connectivity index (χ1n) is 5.86. The number of alkyl halides is 3. The van der Waals surface area contributed by atoms with Crippen molar-refractivity contribution < 1.29 is 17.6 Å². The highest BCUT2D eigenvalue weighted by Gasteiger charge is 2.31. The molecule has 7 heteroatoms. The molecule has 2 N–H and O–H groups in total. The van der Waals surface area contributed by atoms with Gasteiger partial charge in [-0.15, -0.1) is 0 Å². The Hall–Kier alpha value is -2.18. The molecule has 0 saturated carbocycles. The molecule has 0 aliphatic carbocycles. The van der Waals surface area contributed by atoms with E-state index in [0.29, 0.717) is 6.54 Å². The molecule has 0 aliphatic rings. The predicted octanol–water partition coefficient (Wildman–Crippen LogP) is 3.22. The lowest BCUT2D eigenvalue weighted by molar-refractivity contribution is -0.137. The van der Waals surface area contributed by atoms with Gasteiger partial charge in [0.15, 0.2) is 0 Å². The second kappa shape index (κ2) is 5.07. The zero-order chi connectivity index (χ0) is 14.9. The molecule has 0 atom stereocenters. The predicted molar refractivity (Wildman–Crippen MR) is 69.2 cm³/mol. The molecule has 0 fully saturated rings. The topological polar surface area (TPSA) is 55.3 Å². The van der Waals surface area contributed by atoms with Gasteiger partial charge in [-0.05, 0) is 25.1 Å². The van der Waals surface area contributed by atoms with Crippen LogP contribution in [0.15, 0.2) is 28.9 Å². The number of aryl methyl sites for hydroxylation is 1. The summed E-state index contributed by atoms with van der Waals surface area (Å²) in [5, 5.41) is 0. The molecule has 0 aliphatic heterocycles. The summed E-state index contributed by atoms with van der Waals surface area (Å²) in [4.78, 5) is 5.52. The number of hydrogen-bond acceptors (Lipinski definition) is 4. The van der Waals surface area contributed by atoms with Crippen LogP contribution in [0.4, 0.5) is 24.8 Å². The SMILES string of the molecule is Cc1occc1CN(C)c1cc(C(F)(F)F)cc(N)n1.